The van der Waals surface area contributed by atoms with Gasteiger partial charge in [-0.1, -0.05) is 37.8 Å². The summed E-state index contributed by atoms with van der Waals surface area (Å²) in [7, 11) is 0. The third-order valence-corrected chi connectivity index (χ3v) is 4.37. The van der Waals surface area contributed by atoms with Crippen LogP contribution in [0.2, 0.25) is 5.02 Å². The number of carbonyl (C=O) groups is 1. The average Bonchev–Trinajstić information content (AvgIpc) is 2.33. The third-order valence-electron chi connectivity index (χ3n) is 2.80. The zero-order chi connectivity index (χ0) is 13.5. The Kier molecular flexibility index (Phi) is 7.00. The van der Waals surface area contributed by atoms with Crippen molar-refractivity contribution in [3.8, 4) is 0 Å². The van der Waals surface area contributed by atoms with Gasteiger partial charge in [-0.2, -0.15) is 0 Å². The lowest BCUT2D eigenvalue weighted by atomic mass is 10.1. The first-order valence-corrected chi connectivity index (χ1v) is 7.76. The molecule has 0 saturated heterocycles. The molecule has 0 bridgehead atoms. The molecule has 0 saturated carbocycles. The van der Waals surface area contributed by atoms with Gasteiger partial charge in [0.2, 0.25) is 0 Å². The summed E-state index contributed by atoms with van der Waals surface area (Å²) in [5.41, 5.74) is 0.628. The van der Waals surface area contributed by atoms with Crippen LogP contribution in [0.1, 0.15) is 49.9 Å². The first-order valence-electron chi connectivity index (χ1n) is 6.30. The molecule has 0 fully saturated rings. The third kappa shape index (κ3) is 5.14. The second kappa shape index (κ2) is 8.00. The van der Waals surface area contributed by atoms with Crippen molar-refractivity contribution in [3.05, 3.63) is 32.4 Å². The number of hydrogen-bond acceptors (Lipinski definition) is 1. The van der Waals surface area contributed by atoms with Gasteiger partial charge in [0, 0.05) is 15.2 Å². The van der Waals surface area contributed by atoms with Crippen LogP contribution >= 0.6 is 34.2 Å². The van der Waals surface area contributed by atoms with E-state index < -0.39 is 0 Å². The van der Waals surface area contributed by atoms with Gasteiger partial charge >= 0.3 is 0 Å². The van der Waals surface area contributed by atoms with Gasteiger partial charge < -0.3 is 5.32 Å². The van der Waals surface area contributed by atoms with Crippen LogP contribution in [-0.2, 0) is 0 Å². The molecule has 18 heavy (non-hydrogen) atoms. The quantitative estimate of drug-likeness (QED) is 0.566. The van der Waals surface area contributed by atoms with E-state index in [9.17, 15) is 4.79 Å². The van der Waals surface area contributed by atoms with Crippen LogP contribution in [-0.4, -0.2) is 11.9 Å². The van der Waals surface area contributed by atoms with Gasteiger partial charge in [-0.15, -0.1) is 0 Å². The molecule has 0 spiro atoms. The van der Waals surface area contributed by atoms with Crippen molar-refractivity contribution in [3.63, 3.8) is 0 Å². The highest BCUT2D eigenvalue weighted by Crippen LogP contribution is 2.19. The summed E-state index contributed by atoms with van der Waals surface area (Å²) in [6.07, 6.45) is 4.60. The molecule has 0 heterocycles. The molecule has 0 radical (unpaired) electrons. The van der Waals surface area contributed by atoms with Crippen molar-refractivity contribution in [2.45, 2.75) is 45.6 Å². The van der Waals surface area contributed by atoms with E-state index in [1.54, 1.807) is 6.07 Å². The summed E-state index contributed by atoms with van der Waals surface area (Å²) in [6, 6.07) is 5.60. The SMILES string of the molecule is CCCCCC(C)NC(=O)c1ccc(I)c(Cl)c1. The summed E-state index contributed by atoms with van der Waals surface area (Å²) in [5, 5.41) is 3.63. The summed E-state index contributed by atoms with van der Waals surface area (Å²) in [4.78, 5) is 12.0. The molecule has 100 valence electrons. The van der Waals surface area contributed by atoms with Gasteiger partial charge in [0.05, 0.1) is 5.02 Å². The molecular weight excluding hydrogens is 361 g/mol. The fourth-order valence-electron chi connectivity index (χ4n) is 1.72. The van der Waals surface area contributed by atoms with Crippen molar-refractivity contribution < 1.29 is 4.79 Å². The standard InChI is InChI=1S/C14H19ClINO/c1-3-4-5-6-10(2)17-14(18)11-7-8-13(16)12(15)9-11/h7-10H,3-6H2,1-2H3,(H,17,18). The van der Waals surface area contributed by atoms with E-state index in [-0.39, 0.29) is 11.9 Å². The van der Waals surface area contributed by atoms with Crippen molar-refractivity contribution in [1.29, 1.82) is 0 Å². The maximum absolute atomic E-state index is 12.0. The molecule has 1 aromatic carbocycles. The molecule has 0 aromatic heterocycles. The van der Waals surface area contributed by atoms with E-state index >= 15 is 0 Å². The summed E-state index contributed by atoms with van der Waals surface area (Å²) in [5.74, 6) is -0.0442. The Bertz CT molecular complexity index is 409. The Morgan fingerprint density at radius 2 is 2.17 bits per heavy atom. The maximum Gasteiger partial charge on any atom is 0.251 e. The highest BCUT2D eigenvalue weighted by Gasteiger charge is 2.10. The molecule has 0 aliphatic heterocycles. The van der Waals surface area contributed by atoms with E-state index in [4.69, 9.17) is 11.6 Å². The first-order chi connectivity index (χ1) is 8.54. The van der Waals surface area contributed by atoms with E-state index in [2.05, 4.69) is 34.8 Å². The molecule has 1 amide bonds. The fourth-order valence-corrected chi connectivity index (χ4v) is 2.23. The number of nitrogens with one attached hydrogen (secondary N) is 1. The van der Waals surface area contributed by atoms with Gasteiger partial charge in [-0.25, -0.2) is 0 Å². The van der Waals surface area contributed by atoms with Gasteiger partial charge in [-0.3, -0.25) is 4.79 Å². The summed E-state index contributed by atoms with van der Waals surface area (Å²) >= 11 is 8.16. The fraction of sp³-hybridized carbons (Fsp3) is 0.500. The second-order valence-corrected chi connectivity index (χ2v) is 6.07. The largest absolute Gasteiger partial charge is 0.350 e. The van der Waals surface area contributed by atoms with Crippen molar-refractivity contribution in [2.24, 2.45) is 0 Å². The van der Waals surface area contributed by atoms with Gasteiger partial charge in [0.1, 0.15) is 0 Å². The molecule has 1 aromatic rings. The van der Waals surface area contributed by atoms with Crippen molar-refractivity contribution in [1.82, 2.24) is 5.32 Å². The van der Waals surface area contributed by atoms with Crippen LogP contribution in [0.4, 0.5) is 0 Å². The van der Waals surface area contributed by atoms with Crippen LogP contribution in [0.25, 0.3) is 0 Å². The smallest absolute Gasteiger partial charge is 0.251 e. The summed E-state index contributed by atoms with van der Waals surface area (Å²) < 4.78 is 0.960. The lowest BCUT2D eigenvalue weighted by Gasteiger charge is -2.13. The Balaban J connectivity index is 2.51. The Morgan fingerprint density at radius 1 is 1.44 bits per heavy atom. The zero-order valence-corrected chi connectivity index (χ0v) is 13.7. The lowest BCUT2D eigenvalue weighted by molar-refractivity contribution is 0.0938. The first kappa shape index (κ1) is 15.8. The predicted molar refractivity (Wildman–Crippen MR) is 85.2 cm³/mol. The summed E-state index contributed by atoms with van der Waals surface area (Å²) in [6.45, 7) is 4.22. The van der Waals surface area contributed by atoms with Gasteiger partial charge in [0.25, 0.3) is 5.91 Å². The molecule has 1 N–H and O–H groups in total. The highest BCUT2D eigenvalue weighted by molar-refractivity contribution is 14.1. The van der Waals surface area contributed by atoms with E-state index in [0.29, 0.717) is 10.6 Å². The maximum atomic E-state index is 12.0. The predicted octanol–water partition coefficient (Wildman–Crippen LogP) is 4.64. The Morgan fingerprint density at radius 3 is 2.78 bits per heavy atom. The molecule has 0 aliphatic rings. The Hall–Kier alpha value is -0.290. The zero-order valence-electron chi connectivity index (χ0n) is 10.8. The minimum Gasteiger partial charge on any atom is -0.350 e. The van der Waals surface area contributed by atoms with E-state index in [1.807, 2.05) is 19.1 Å². The topological polar surface area (TPSA) is 29.1 Å². The number of carbonyl (C=O) groups excluding carboxylic acids is 1. The molecule has 4 heteroatoms. The molecule has 1 atom stereocenters. The molecular formula is C14H19ClINO. The number of amides is 1. The van der Waals surface area contributed by atoms with Crippen LogP contribution < -0.4 is 5.32 Å². The number of benzene rings is 1. The molecule has 1 unspecified atom stereocenters. The normalized spacial score (nSPS) is 12.2. The number of hydrogen-bond donors (Lipinski definition) is 1. The molecule has 1 rings (SSSR count). The minimum absolute atomic E-state index is 0.0442. The molecule has 2 nitrogen and oxygen atoms in total. The van der Waals surface area contributed by atoms with Crippen LogP contribution in [0, 0.1) is 3.57 Å². The van der Waals surface area contributed by atoms with Gasteiger partial charge in [0.15, 0.2) is 0 Å². The van der Waals surface area contributed by atoms with Crippen molar-refractivity contribution in [2.75, 3.05) is 0 Å². The number of halogens is 2. The van der Waals surface area contributed by atoms with Gasteiger partial charge in [-0.05, 0) is 54.1 Å². The van der Waals surface area contributed by atoms with E-state index in [0.717, 1.165) is 16.4 Å². The second-order valence-electron chi connectivity index (χ2n) is 4.50. The molecule has 0 aliphatic carbocycles. The monoisotopic (exact) mass is 379 g/mol. The van der Waals surface area contributed by atoms with Crippen LogP contribution in [0.5, 0.6) is 0 Å². The lowest BCUT2D eigenvalue weighted by Crippen LogP contribution is -2.32. The Labute approximate surface area is 128 Å². The highest BCUT2D eigenvalue weighted by atomic mass is 127. The number of rotatable bonds is 6. The minimum atomic E-state index is -0.0442. The van der Waals surface area contributed by atoms with Crippen molar-refractivity contribution >= 4 is 40.1 Å². The number of unbranched alkanes of at least 4 members (excludes halogenated alkanes) is 2. The average molecular weight is 380 g/mol. The van der Waals surface area contributed by atoms with Crippen LogP contribution in [0.15, 0.2) is 18.2 Å². The van der Waals surface area contributed by atoms with E-state index in [1.165, 1.54) is 12.8 Å². The van der Waals surface area contributed by atoms with Crippen LogP contribution in [0.3, 0.4) is 0 Å².